The Kier molecular flexibility index (Phi) is 6.37. The van der Waals surface area contributed by atoms with Gasteiger partial charge < -0.3 is 40.9 Å². The van der Waals surface area contributed by atoms with Crippen molar-refractivity contribution < 1.29 is 40.9 Å². The molecule has 0 spiro atoms. The summed E-state index contributed by atoms with van der Waals surface area (Å²) < 4.78 is 0. The molecule has 8 nitrogen and oxygen atoms in total. The van der Waals surface area contributed by atoms with Gasteiger partial charge in [0.2, 0.25) is 0 Å². The van der Waals surface area contributed by atoms with E-state index in [0.29, 0.717) is 44.5 Å². The van der Waals surface area contributed by atoms with Crippen LogP contribution in [0.15, 0.2) is 48.5 Å². The molecule has 0 aliphatic heterocycles. The SMILES string of the molecule is CC1c2cc(O)c(O)c(c2)C(C)c2cc(c(O)cc2O)C(C)c2cc(c(O)cc2O)C(C)c2cc1c(O)cc2O. The second-order valence-corrected chi connectivity index (χ2v) is 10.8. The third-order valence-electron chi connectivity index (χ3n) is 8.44. The second kappa shape index (κ2) is 9.48. The van der Waals surface area contributed by atoms with E-state index in [-0.39, 0.29) is 46.0 Å². The molecule has 0 saturated heterocycles. The first-order valence-electron chi connectivity index (χ1n) is 13.0. The van der Waals surface area contributed by atoms with Gasteiger partial charge in [-0.1, -0.05) is 33.8 Å². The van der Waals surface area contributed by atoms with Crippen molar-refractivity contribution in [3.05, 3.63) is 93.0 Å². The summed E-state index contributed by atoms with van der Waals surface area (Å²) in [5, 5.41) is 86.4. The average molecular weight is 545 g/mol. The van der Waals surface area contributed by atoms with Gasteiger partial charge in [0.15, 0.2) is 11.5 Å². The molecule has 5 rings (SSSR count). The van der Waals surface area contributed by atoms with Gasteiger partial charge in [-0.3, -0.25) is 0 Å². The van der Waals surface area contributed by atoms with Crippen molar-refractivity contribution >= 4 is 0 Å². The van der Waals surface area contributed by atoms with E-state index in [1.807, 2.05) is 0 Å². The van der Waals surface area contributed by atoms with Gasteiger partial charge in [-0.25, -0.2) is 0 Å². The summed E-state index contributed by atoms with van der Waals surface area (Å²) in [5.41, 5.74) is 3.28. The summed E-state index contributed by atoms with van der Waals surface area (Å²) in [4.78, 5) is 0. The molecule has 4 aromatic rings. The van der Waals surface area contributed by atoms with Gasteiger partial charge in [-0.2, -0.15) is 0 Å². The predicted molar refractivity (Wildman–Crippen MR) is 149 cm³/mol. The summed E-state index contributed by atoms with van der Waals surface area (Å²) in [5.74, 6) is -4.28. The fraction of sp³-hybridized carbons (Fsp3) is 0.250. The molecule has 4 unspecified atom stereocenters. The van der Waals surface area contributed by atoms with E-state index in [4.69, 9.17) is 0 Å². The largest absolute Gasteiger partial charge is 0.508 e. The molecule has 4 aromatic carbocycles. The van der Waals surface area contributed by atoms with Gasteiger partial charge in [0.1, 0.15) is 34.5 Å². The van der Waals surface area contributed by atoms with E-state index in [1.54, 1.807) is 52.0 Å². The molecule has 8 bridgehead atoms. The van der Waals surface area contributed by atoms with Crippen LogP contribution in [-0.2, 0) is 0 Å². The molecule has 0 fully saturated rings. The Balaban J connectivity index is 1.88. The van der Waals surface area contributed by atoms with Crippen LogP contribution in [0.4, 0.5) is 0 Å². The van der Waals surface area contributed by atoms with Gasteiger partial charge >= 0.3 is 0 Å². The summed E-state index contributed by atoms with van der Waals surface area (Å²) in [6.45, 7) is 7.07. The number of phenols is 8. The minimum absolute atomic E-state index is 0.172. The van der Waals surface area contributed by atoms with E-state index in [9.17, 15) is 40.9 Å². The quantitative estimate of drug-likeness (QED) is 0.120. The number of rotatable bonds is 0. The van der Waals surface area contributed by atoms with Crippen molar-refractivity contribution in [1.82, 2.24) is 0 Å². The highest BCUT2D eigenvalue weighted by molar-refractivity contribution is 5.61. The lowest BCUT2D eigenvalue weighted by atomic mass is 9.81. The van der Waals surface area contributed by atoms with E-state index in [1.165, 1.54) is 24.3 Å². The van der Waals surface area contributed by atoms with Gasteiger partial charge in [-0.05, 0) is 29.8 Å². The maximum atomic E-state index is 10.8. The third kappa shape index (κ3) is 4.16. The lowest BCUT2D eigenvalue weighted by molar-refractivity contribution is 0.396. The van der Waals surface area contributed by atoms with Crippen LogP contribution in [-0.4, -0.2) is 40.9 Å². The Morgan fingerprint density at radius 1 is 0.325 bits per heavy atom. The first-order chi connectivity index (χ1) is 18.8. The minimum atomic E-state index is -0.648. The molecule has 0 heterocycles. The summed E-state index contributed by atoms with van der Waals surface area (Å²) in [7, 11) is 0. The summed E-state index contributed by atoms with van der Waals surface area (Å²) in [6.07, 6.45) is 0. The fourth-order valence-corrected chi connectivity index (χ4v) is 5.84. The lowest BCUT2D eigenvalue weighted by Crippen LogP contribution is -2.07. The molecule has 0 saturated carbocycles. The number of fused-ring (bicyclic) bond motifs is 8. The van der Waals surface area contributed by atoms with E-state index < -0.39 is 23.7 Å². The Morgan fingerprint density at radius 3 is 0.975 bits per heavy atom. The highest BCUT2D eigenvalue weighted by Crippen LogP contribution is 2.49. The average Bonchev–Trinajstić information content (AvgIpc) is 2.88. The number of benzene rings is 4. The van der Waals surface area contributed by atoms with Crippen molar-refractivity contribution in [2.24, 2.45) is 0 Å². The molecule has 0 radical (unpaired) electrons. The van der Waals surface area contributed by atoms with Crippen LogP contribution in [0.25, 0.3) is 0 Å². The standard InChI is InChI=1S/C32H32O8/c1-13-17-5-24(32(40)31(39)6-17)16(4)23-9-22(29(37)12-30(23)38)15(3)21-8-20(27(35)11-28(21)36)14(2)19-7-18(13)25(33)10-26(19)34/h5-16,33-40H,1-4H3. The molecular weight excluding hydrogens is 512 g/mol. The van der Waals surface area contributed by atoms with Crippen molar-refractivity contribution in [2.75, 3.05) is 0 Å². The molecule has 1 aliphatic rings. The second-order valence-electron chi connectivity index (χ2n) is 10.8. The Labute approximate surface area is 231 Å². The maximum absolute atomic E-state index is 10.8. The Bertz CT molecular complexity index is 1660. The molecule has 8 N–H and O–H groups in total. The van der Waals surface area contributed by atoms with Crippen LogP contribution >= 0.6 is 0 Å². The van der Waals surface area contributed by atoms with Crippen LogP contribution in [0.1, 0.15) is 95.9 Å². The molecule has 1 aliphatic carbocycles. The zero-order valence-electron chi connectivity index (χ0n) is 22.5. The van der Waals surface area contributed by atoms with Gasteiger partial charge in [0.05, 0.1) is 0 Å². The van der Waals surface area contributed by atoms with Crippen LogP contribution in [0.5, 0.6) is 46.0 Å². The molecule has 4 atom stereocenters. The van der Waals surface area contributed by atoms with E-state index in [2.05, 4.69) is 0 Å². The maximum Gasteiger partial charge on any atom is 0.161 e. The normalized spacial score (nSPS) is 20.3. The number of aromatic hydroxyl groups is 8. The monoisotopic (exact) mass is 544 g/mol. The van der Waals surface area contributed by atoms with Gasteiger partial charge in [0, 0.05) is 80.8 Å². The molecule has 208 valence electrons. The fourth-order valence-electron chi connectivity index (χ4n) is 5.84. The molecule has 40 heavy (non-hydrogen) atoms. The van der Waals surface area contributed by atoms with Gasteiger partial charge in [-0.15, -0.1) is 0 Å². The van der Waals surface area contributed by atoms with Crippen LogP contribution in [0.3, 0.4) is 0 Å². The number of hydrogen-bond donors (Lipinski definition) is 8. The molecular formula is C32H32O8. The van der Waals surface area contributed by atoms with Crippen molar-refractivity contribution in [1.29, 1.82) is 0 Å². The van der Waals surface area contributed by atoms with Crippen molar-refractivity contribution in [3.8, 4) is 46.0 Å². The summed E-state index contributed by atoms with van der Waals surface area (Å²) >= 11 is 0. The lowest BCUT2D eigenvalue weighted by Gasteiger charge is -2.25. The smallest absolute Gasteiger partial charge is 0.161 e. The predicted octanol–water partition coefficient (Wildman–Crippen LogP) is 6.25. The third-order valence-corrected chi connectivity index (χ3v) is 8.44. The Morgan fingerprint density at radius 2 is 0.625 bits per heavy atom. The van der Waals surface area contributed by atoms with Crippen LogP contribution in [0, 0.1) is 0 Å². The minimum Gasteiger partial charge on any atom is -0.508 e. The number of hydrogen-bond acceptors (Lipinski definition) is 8. The van der Waals surface area contributed by atoms with Crippen molar-refractivity contribution in [2.45, 2.75) is 51.4 Å². The van der Waals surface area contributed by atoms with Gasteiger partial charge in [0.25, 0.3) is 0 Å². The first-order valence-corrected chi connectivity index (χ1v) is 13.0. The molecule has 0 amide bonds. The zero-order valence-corrected chi connectivity index (χ0v) is 22.5. The van der Waals surface area contributed by atoms with E-state index >= 15 is 0 Å². The van der Waals surface area contributed by atoms with E-state index in [0.717, 1.165) is 0 Å². The van der Waals surface area contributed by atoms with Crippen molar-refractivity contribution in [3.63, 3.8) is 0 Å². The molecule has 8 heteroatoms. The summed E-state index contributed by atoms with van der Waals surface area (Å²) in [6, 6.07) is 11.6. The number of phenolic OH excluding ortho intramolecular Hbond substituents is 8. The highest BCUT2D eigenvalue weighted by Gasteiger charge is 2.28. The Hall–Kier alpha value is -4.72. The zero-order chi connectivity index (χ0) is 29.2. The highest BCUT2D eigenvalue weighted by atomic mass is 16.3. The topological polar surface area (TPSA) is 162 Å². The molecule has 0 aromatic heterocycles. The van der Waals surface area contributed by atoms with Crippen LogP contribution in [0.2, 0.25) is 0 Å². The first kappa shape index (κ1) is 26.9. The van der Waals surface area contributed by atoms with Crippen LogP contribution < -0.4 is 0 Å².